The van der Waals surface area contributed by atoms with Gasteiger partial charge in [-0.15, -0.1) is 0 Å². The monoisotopic (exact) mass is 474 g/mol. The molecular formula is C20H21ClF2N2O5S. The Labute approximate surface area is 183 Å². The van der Waals surface area contributed by atoms with Gasteiger partial charge in [-0.1, -0.05) is 23.7 Å². The van der Waals surface area contributed by atoms with Crippen LogP contribution in [0.25, 0.3) is 0 Å². The Hall–Kier alpha value is -2.27. The Morgan fingerprint density at radius 3 is 2.48 bits per heavy atom. The molecule has 1 fully saturated rings. The Morgan fingerprint density at radius 1 is 1.19 bits per heavy atom. The summed E-state index contributed by atoms with van der Waals surface area (Å²) >= 11 is 6.15. The molecule has 2 atom stereocenters. The molecule has 0 aromatic heterocycles. The minimum absolute atomic E-state index is 0.0100. The van der Waals surface area contributed by atoms with Crippen molar-refractivity contribution < 1.29 is 31.5 Å². The molecule has 1 aliphatic heterocycles. The maximum Gasteiger partial charge on any atom is 0.387 e. The molecule has 1 N–H and O–H groups in total. The highest BCUT2D eigenvalue weighted by Gasteiger charge is 2.34. The van der Waals surface area contributed by atoms with E-state index in [-0.39, 0.29) is 52.2 Å². The molecule has 31 heavy (non-hydrogen) atoms. The molecule has 0 spiro atoms. The summed E-state index contributed by atoms with van der Waals surface area (Å²) in [4.78, 5) is 12.5. The number of ether oxygens (including phenoxy) is 2. The van der Waals surface area contributed by atoms with Crippen molar-refractivity contribution in [3.8, 4) is 5.75 Å². The standard InChI is InChI=1S/C20H21ClF2N2O5S/c1-12-10-25(11-13(2)29-12)31(27,28)18-9-14(7-8-15(18)21)19(26)24-16-5-3-4-6-17(16)30-20(22)23/h3-9,12-13,20H,10-11H2,1-2H3,(H,24,26)/t12-,13-/m0/s1. The maximum absolute atomic E-state index is 13.2. The van der Waals surface area contributed by atoms with E-state index >= 15 is 0 Å². The van der Waals surface area contributed by atoms with E-state index in [2.05, 4.69) is 10.1 Å². The molecule has 11 heteroatoms. The summed E-state index contributed by atoms with van der Waals surface area (Å²) in [7, 11) is -3.99. The molecule has 7 nitrogen and oxygen atoms in total. The van der Waals surface area contributed by atoms with Crippen LogP contribution in [0.2, 0.25) is 5.02 Å². The van der Waals surface area contributed by atoms with Gasteiger partial charge in [0.1, 0.15) is 10.6 Å². The lowest BCUT2D eigenvalue weighted by molar-refractivity contribution is -0.0493. The molecule has 168 valence electrons. The van der Waals surface area contributed by atoms with Crippen LogP contribution < -0.4 is 10.1 Å². The normalized spacial score (nSPS) is 19.9. The fourth-order valence-electron chi connectivity index (χ4n) is 3.27. The highest BCUT2D eigenvalue weighted by molar-refractivity contribution is 7.89. The Kier molecular flexibility index (Phi) is 7.15. The van der Waals surface area contributed by atoms with Crippen molar-refractivity contribution in [3.05, 3.63) is 53.1 Å². The lowest BCUT2D eigenvalue weighted by Crippen LogP contribution is -2.48. The van der Waals surface area contributed by atoms with E-state index in [1.165, 1.54) is 40.7 Å². The smallest absolute Gasteiger partial charge is 0.387 e. The van der Waals surface area contributed by atoms with Crippen LogP contribution in [0.5, 0.6) is 5.75 Å². The third-order valence-electron chi connectivity index (χ3n) is 4.55. The number of carbonyl (C=O) groups excluding carboxylic acids is 1. The van der Waals surface area contributed by atoms with Crippen LogP contribution >= 0.6 is 11.6 Å². The topological polar surface area (TPSA) is 84.9 Å². The quantitative estimate of drug-likeness (QED) is 0.684. The molecule has 0 saturated carbocycles. The summed E-state index contributed by atoms with van der Waals surface area (Å²) in [6, 6.07) is 9.49. The number of nitrogens with one attached hydrogen (secondary N) is 1. The molecule has 0 bridgehead atoms. The highest BCUT2D eigenvalue weighted by atomic mass is 35.5. The van der Waals surface area contributed by atoms with Crippen LogP contribution in [-0.4, -0.2) is 50.5 Å². The number of rotatable bonds is 6. The molecule has 1 heterocycles. The molecule has 0 aliphatic carbocycles. The number of carbonyl (C=O) groups is 1. The number of anilines is 1. The number of hydrogen-bond donors (Lipinski definition) is 1. The van der Waals surface area contributed by atoms with Crippen molar-refractivity contribution in [2.45, 2.75) is 37.6 Å². The van der Waals surface area contributed by atoms with Crippen LogP contribution in [0.3, 0.4) is 0 Å². The number of para-hydroxylation sites is 2. The van der Waals surface area contributed by atoms with Gasteiger partial charge in [0.25, 0.3) is 5.91 Å². The minimum Gasteiger partial charge on any atom is -0.433 e. The van der Waals surface area contributed by atoms with E-state index in [1.54, 1.807) is 13.8 Å². The summed E-state index contributed by atoms with van der Waals surface area (Å²) in [5.74, 6) is -0.925. The minimum atomic E-state index is -3.99. The summed E-state index contributed by atoms with van der Waals surface area (Å²) in [5, 5.41) is 2.42. The summed E-state index contributed by atoms with van der Waals surface area (Å²) in [6.07, 6.45) is -0.592. The van der Waals surface area contributed by atoms with Crippen molar-refractivity contribution in [1.82, 2.24) is 4.31 Å². The third-order valence-corrected chi connectivity index (χ3v) is 6.86. The predicted octanol–water partition coefficient (Wildman–Crippen LogP) is 3.99. The van der Waals surface area contributed by atoms with E-state index in [0.717, 1.165) is 6.07 Å². The van der Waals surface area contributed by atoms with Crippen molar-refractivity contribution in [2.75, 3.05) is 18.4 Å². The zero-order valence-electron chi connectivity index (χ0n) is 16.7. The molecule has 1 saturated heterocycles. The van der Waals surface area contributed by atoms with Crippen molar-refractivity contribution in [2.24, 2.45) is 0 Å². The lowest BCUT2D eigenvalue weighted by atomic mass is 10.2. The maximum atomic E-state index is 13.2. The molecule has 2 aromatic rings. The Bertz CT molecular complexity index is 1060. The van der Waals surface area contributed by atoms with Gasteiger partial charge in [-0.25, -0.2) is 8.42 Å². The number of morpholine rings is 1. The number of alkyl halides is 2. The SMILES string of the molecule is C[C@H]1CN(S(=O)(=O)c2cc(C(=O)Nc3ccccc3OC(F)F)ccc2Cl)C[C@H](C)O1. The molecule has 3 rings (SSSR count). The van der Waals surface area contributed by atoms with Crippen molar-refractivity contribution >= 4 is 33.2 Å². The van der Waals surface area contributed by atoms with Gasteiger partial charge in [0.15, 0.2) is 0 Å². The fourth-order valence-corrected chi connectivity index (χ4v) is 5.36. The second-order valence-electron chi connectivity index (χ2n) is 7.05. The van der Waals surface area contributed by atoms with Crippen LogP contribution in [0.15, 0.2) is 47.4 Å². The van der Waals surface area contributed by atoms with Gasteiger partial charge >= 0.3 is 6.61 Å². The van der Waals surface area contributed by atoms with Gasteiger partial charge < -0.3 is 14.8 Å². The first-order chi connectivity index (χ1) is 14.6. The zero-order chi connectivity index (χ0) is 22.8. The summed E-state index contributed by atoms with van der Waals surface area (Å²) in [5.41, 5.74) is 0.00664. The van der Waals surface area contributed by atoms with Crippen LogP contribution in [0.4, 0.5) is 14.5 Å². The number of amides is 1. The Morgan fingerprint density at radius 2 is 1.84 bits per heavy atom. The van der Waals surface area contributed by atoms with Gasteiger partial charge in [0.05, 0.1) is 22.9 Å². The molecule has 1 aliphatic rings. The van der Waals surface area contributed by atoms with E-state index in [1.807, 2.05) is 0 Å². The molecule has 0 radical (unpaired) electrons. The van der Waals surface area contributed by atoms with Gasteiger partial charge in [0, 0.05) is 18.7 Å². The second kappa shape index (κ2) is 9.47. The second-order valence-corrected chi connectivity index (χ2v) is 9.37. The predicted molar refractivity (Wildman–Crippen MR) is 111 cm³/mol. The first kappa shape index (κ1) is 23.4. The van der Waals surface area contributed by atoms with Gasteiger partial charge in [-0.05, 0) is 44.2 Å². The average molecular weight is 475 g/mol. The first-order valence-electron chi connectivity index (χ1n) is 9.38. The van der Waals surface area contributed by atoms with Crippen LogP contribution in [0, 0.1) is 0 Å². The zero-order valence-corrected chi connectivity index (χ0v) is 18.3. The van der Waals surface area contributed by atoms with E-state index in [4.69, 9.17) is 16.3 Å². The van der Waals surface area contributed by atoms with E-state index in [9.17, 15) is 22.0 Å². The van der Waals surface area contributed by atoms with Crippen LogP contribution in [-0.2, 0) is 14.8 Å². The van der Waals surface area contributed by atoms with Gasteiger partial charge in [-0.3, -0.25) is 4.79 Å². The number of halogens is 3. The van der Waals surface area contributed by atoms with E-state index < -0.39 is 22.5 Å². The Balaban J connectivity index is 1.88. The van der Waals surface area contributed by atoms with Crippen molar-refractivity contribution in [3.63, 3.8) is 0 Å². The molecule has 0 unspecified atom stereocenters. The first-order valence-corrected chi connectivity index (χ1v) is 11.2. The number of nitrogens with zero attached hydrogens (tertiary/aromatic N) is 1. The molecule has 2 aromatic carbocycles. The largest absolute Gasteiger partial charge is 0.433 e. The highest BCUT2D eigenvalue weighted by Crippen LogP contribution is 2.30. The van der Waals surface area contributed by atoms with E-state index in [0.29, 0.717) is 0 Å². The molecular weight excluding hydrogens is 454 g/mol. The molecule has 1 amide bonds. The lowest BCUT2D eigenvalue weighted by Gasteiger charge is -2.34. The summed E-state index contributed by atoms with van der Waals surface area (Å²) < 4.78 is 62.7. The van der Waals surface area contributed by atoms with Gasteiger partial charge in [-0.2, -0.15) is 13.1 Å². The summed E-state index contributed by atoms with van der Waals surface area (Å²) in [6.45, 7) is 0.768. The van der Waals surface area contributed by atoms with Crippen molar-refractivity contribution in [1.29, 1.82) is 0 Å². The fraction of sp³-hybridized carbons (Fsp3) is 0.350. The van der Waals surface area contributed by atoms with Gasteiger partial charge in [0.2, 0.25) is 10.0 Å². The third kappa shape index (κ3) is 5.51. The van der Waals surface area contributed by atoms with Crippen LogP contribution in [0.1, 0.15) is 24.2 Å². The average Bonchev–Trinajstić information content (AvgIpc) is 2.68. The number of sulfonamides is 1. The number of benzene rings is 2. The number of hydrogen-bond acceptors (Lipinski definition) is 5.